The summed E-state index contributed by atoms with van der Waals surface area (Å²) in [5, 5.41) is 20.0. The SMILES string of the molecule is O=C1C=CC[C@@H](C=CC[C@@H](O)C[C@H](O)CCCCc2ccccc2)O1. The van der Waals surface area contributed by atoms with Crippen molar-refractivity contribution in [2.75, 3.05) is 0 Å². The summed E-state index contributed by atoms with van der Waals surface area (Å²) < 4.78 is 5.11. The molecule has 0 amide bonds. The standard InChI is InChI=1S/C21H28O4/c22-18(11-5-4-10-17-8-2-1-3-9-17)16-19(23)12-6-13-20-14-7-15-21(24)25-20/h1-3,6-9,13,15,18-20,22-23H,4-5,10-12,14,16H2/t18-,19-,20-/m1/s1. The highest BCUT2D eigenvalue weighted by molar-refractivity contribution is 5.82. The van der Waals surface area contributed by atoms with Gasteiger partial charge in [0.15, 0.2) is 0 Å². The third-order valence-electron chi connectivity index (χ3n) is 4.29. The Kier molecular flexibility index (Phi) is 8.43. The smallest absolute Gasteiger partial charge is 0.331 e. The number of rotatable bonds is 10. The summed E-state index contributed by atoms with van der Waals surface area (Å²) in [6, 6.07) is 10.3. The van der Waals surface area contributed by atoms with Gasteiger partial charge in [-0.3, -0.25) is 0 Å². The van der Waals surface area contributed by atoms with Crippen LogP contribution in [-0.4, -0.2) is 34.5 Å². The third-order valence-corrected chi connectivity index (χ3v) is 4.29. The second kappa shape index (κ2) is 10.9. The molecule has 4 heteroatoms. The normalized spacial score (nSPS) is 19.8. The van der Waals surface area contributed by atoms with Crippen molar-refractivity contribution in [3.63, 3.8) is 0 Å². The predicted molar refractivity (Wildman–Crippen MR) is 98.0 cm³/mol. The van der Waals surface area contributed by atoms with E-state index in [4.69, 9.17) is 4.74 Å². The minimum Gasteiger partial charge on any atom is -0.455 e. The van der Waals surface area contributed by atoms with Gasteiger partial charge in [0.25, 0.3) is 0 Å². The number of aliphatic hydroxyl groups excluding tert-OH is 2. The average molecular weight is 344 g/mol. The molecule has 0 radical (unpaired) electrons. The van der Waals surface area contributed by atoms with Crippen molar-refractivity contribution in [2.24, 2.45) is 0 Å². The van der Waals surface area contributed by atoms with Gasteiger partial charge in [-0.2, -0.15) is 0 Å². The molecule has 1 aliphatic rings. The number of aliphatic hydroxyl groups is 2. The molecule has 0 fully saturated rings. The molecule has 0 saturated carbocycles. The van der Waals surface area contributed by atoms with Crippen LogP contribution in [0, 0.1) is 0 Å². The number of cyclic esters (lactones) is 1. The van der Waals surface area contributed by atoms with Crippen LogP contribution >= 0.6 is 0 Å². The van der Waals surface area contributed by atoms with Crippen LogP contribution < -0.4 is 0 Å². The van der Waals surface area contributed by atoms with E-state index in [-0.39, 0.29) is 12.1 Å². The highest BCUT2D eigenvalue weighted by Gasteiger charge is 2.14. The third kappa shape index (κ3) is 8.14. The van der Waals surface area contributed by atoms with E-state index in [2.05, 4.69) is 12.1 Å². The van der Waals surface area contributed by atoms with Crippen LogP contribution in [0.25, 0.3) is 0 Å². The minimum atomic E-state index is -0.574. The van der Waals surface area contributed by atoms with Gasteiger partial charge in [0.1, 0.15) is 6.10 Å². The zero-order chi connectivity index (χ0) is 17.9. The summed E-state index contributed by atoms with van der Waals surface area (Å²) in [5.41, 5.74) is 1.32. The summed E-state index contributed by atoms with van der Waals surface area (Å²) in [6.45, 7) is 0. The molecule has 136 valence electrons. The molecule has 3 atom stereocenters. The monoisotopic (exact) mass is 344 g/mol. The molecule has 1 heterocycles. The summed E-state index contributed by atoms with van der Waals surface area (Å²) in [5.74, 6) is -0.327. The van der Waals surface area contributed by atoms with Crippen LogP contribution in [-0.2, 0) is 16.0 Å². The zero-order valence-electron chi connectivity index (χ0n) is 14.6. The number of hydrogen-bond acceptors (Lipinski definition) is 4. The zero-order valence-corrected chi connectivity index (χ0v) is 14.6. The maximum atomic E-state index is 11.1. The van der Waals surface area contributed by atoms with Crippen molar-refractivity contribution < 1.29 is 19.7 Å². The second-order valence-electron chi connectivity index (χ2n) is 6.55. The number of carbonyl (C=O) groups excluding carboxylic acids is 1. The maximum Gasteiger partial charge on any atom is 0.331 e. The Morgan fingerprint density at radius 2 is 1.96 bits per heavy atom. The first-order valence-electron chi connectivity index (χ1n) is 9.07. The maximum absolute atomic E-state index is 11.1. The quantitative estimate of drug-likeness (QED) is 0.388. The van der Waals surface area contributed by atoms with Gasteiger partial charge in [0.05, 0.1) is 12.2 Å². The van der Waals surface area contributed by atoms with Crippen LogP contribution in [0.2, 0.25) is 0 Å². The molecule has 0 unspecified atom stereocenters. The van der Waals surface area contributed by atoms with E-state index in [1.165, 1.54) is 11.6 Å². The van der Waals surface area contributed by atoms with Gasteiger partial charge in [-0.25, -0.2) is 4.79 Å². The number of esters is 1. The highest BCUT2D eigenvalue weighted by Crippen LogP contribution is 2.13. The molecule has 25 heavy (non-hydrogen) atoms. The fraction of sp³-hybridized carbons (Fsp3) is 0.476. The Labute approximate surface area is 149 Å². The lowest BCUT2D eigenvalue weighted by atomic mass is 10.0. The van der Waals surface area contributed by atoms with Gasteiger partial charge < -0.3 is 14.9 Å². The number of ether oxygens (including phenoxy) is 1. The first-order valence-corrected chi connectivity index (χ1v) is 9.07. The molecule has 0 saturated heterocycles. The molecule has 0 spiro atoms. The molecule has 2 N–H and O–H groups in total. The van der Waals surface area contributed by atoms with Gasteiger partial charge in [0, 0.05) is 12.5 Å². The van der Waals surface area contributed by atoms with Crippen molar-refractivity contribution in [1.82, 2.24) is 0 Å². The largest absolute Gasteiger partial charge is 0.455 e. The Balaban J connectivity index is 1.56. The van der Waals surface area contributed by atoms with Crippen molar-refractivity contribution >= 4 is 5.97 Å². The van der Waals surface area contributed by atoms with Gasteiger partial charge >= 0.3 is 5.97 Å². The summed E-state index contributed by atoms with van der Waals surface area (Å²) >= 11 is 0. The number of benzene rings is 1. The van der Waals surface area contributed by atoms with Gasteiger partial charge in [0.2, 0.25) is 0 Å². The number of hydrogen-bond donors (Lipinski definition) is 2. The molecule has 2 rings (SSSR count). The first kappa shape index (κ1) is 19.4. The Morgan fingerprint density at radius 1 is 1.16 bits per heavy atom. The molecule has 1 aromatic carbocycles. The average Bonchev–Trinajstić information content (AvgIpc) is 2.60. The lowest BCUT2D eigenvalue weighted by Gasteiger charge is -2.16. The molecule has 0 aromatic heterocycles. The number of aryl methyl sites for hydroxylation is 1. The molecule has 1 aliphatic heterocycles. The van der Waals surface area contributed by atoms with Crippen molar-refractivity contribution in [3.8, 4) is 0 Å². The van der Waals surface area contributed by atoms with Crippen molar-refractivity contribution in [1.29, 1.82) is 0 Å². The molecular weight excluding hydrogens is 316 g/mol. The van der Waals surface area contributed by atoms with Gasteiger partial charge in [-0.15, -0.1) is 0 Å². The van der Waals surface area contributed by atoms with Crippen LogP contribution in [0.3, 0.4) is 0 Å². The van der Waals surface area contributed by atoms with E-state index in [1.54, 1.807) is 12.2 Å². The van der Waals surface area contributed by atoms with Crippen molar-refractivity contribution in [3.05, 3.63) is 60.2 Å². The van der Waals surface area contributed by atoms with E-state index in [0.29, 0.717) is 25.7 Å². The topological polar surface area (TPSA) is 66.8 Å². The Hall–Kier alpha value is -1.91. The summed E-state index contributed by atoms with van der Waals surface area (Å²) in [4.78, 5) is 11.1. The Morgan fingerprint density at radius 3 is 2.72 bits per heavy atom. The van der Waals surface area contributed by atoms with E-state index in [1.807, 2.05) is 24.3 Å². The van der Waals surface area contributed by atoms with E-state index in [0.717, 1.165) is 19.3 Å². The molecule has 0 bridgehead atoms. The molecule has 1 aromatic rings. The fourth-order valence-corrected chi connectivity index (χ4v) is 2.92. The van der Waals surface area contributed by atoms with E-state index in [9.17, 15) is 15.0 Å². The van der Waals surface area contributed by atoms with Crippen LogP contribution in [0.15, 0.2) is 54.6 Å². The van der Waals surface area contributed by atoms with E-state index < -0.39 is 12.2 Å². The van der Waals surface area contributed by atoms with Gasteiger partial charge in [-0.1, -0.05) is 48.9 Å². The van der Waals surface area contributed by atoms with E-state index >= 15 is 0 Å². The predicted octanol–water partition coefficient (Wildman–Crippen LogP) is 3.33. The highest BCUT2D eigenvalue weighted by atomic mass is 16.5. The van der Waals surface area contributed by atoms with Gasteiger partial charge in [-0.05, 0) is 43.7 Å². The summed E-state index contributed by atoms with van der Waals surface area (Å²) in [6.07, 6.45) is 10.8. The second-order valence-corrected chi connectivity index (χ2v) is 6.55. The van der Waals surface area contributed by atoms with Crippen LogP contribution in [0.5, 0.6) is 0 Å². The van der Waals surface area contributed by atoms with Crippen molar-refractivity contribution in [2.45, 2.75) is 63.3 Å². The fourth-order valence-electron chi connectivity index (χ4n) is 2.92. The minimum absolute atomic E-state index is 0.243. The molecule has 0 aliphatic carbocycles. The first-order chi connectivity index (χ1) is 12.1. The summed E-state index contributed by atoms with van der Waals surface area (Å²) in [7, 11) is 0. The van der Waals surface area contributed by atoms with Crippen LogP contribution in [0.1, 0.15) is 44.1 Å². The lowest BCUT2D eigenvalue weighted by molar-refractivity contribution is -0.141. The number of unbranched alkanes of at least 4 members (excludes halogenated alkanes) is 1. The molecule has 4 nitrogen and oxygen atoms in total. The Bertz CT molecular complexity index is 565. The number of carbonyl (C=O) groups is 1. The van der Waals surface area contributed by atoms with Crippen LogP contribution in [0.4, 0.5) is 0 Å². The molecular formula is C21H28O4. The lowest BCUT2D eigenvalue weighted by Crippen LogP contribution is -2.19.